The van der Waals surface area contributed by atoms with Gasteiger partial charge in [0.15, 0.2) is 6.10 Å². The molecule has 0 unspecified atom stereocenters. The van der Waals surface area contributed by atoms with Gasteiger partial charge in [0.05, 0.1) is 25.4 Å². The van der Waals surface area contributed by atoms with Gasteiger partial charge < -0.3 is 24.4 Å². The summed E-state index contributed by atoms with van der Waals surface area (Å²) in [7, 11) is 3.28. The van der Waals surface area contributed by atoms with Gasteiger partial charge in [-0.05, 0) is 35.2 Å². The molecule has 39 heavy (non-hydrogen) atoms. The van der Waals surface area contributed by atoms with Gasteiger partial charge >= 0.3 is 0 Å². The van der Waals surface area contributed by atoms with Crippen LogP contribution in [0.25, 0.3) is 11.1 Å². The Morgan fingerprint density at radius 3 is 2.31 bits per heavy atom. The predicted octanol–water partition coefficient (Wildman–Crippen LogP) is 4.56. The van der Waals surface area contributed by atoms with Crippen LogP contribution in [0.2, 0.25) is 0 Å². The molecule has 1 aliphatic heterocycles. The van der Waals surface area contributed by atoms with Gasteiger partial charge in [0, 0.05) is 38.7 Å². The van der Waals surface area contributed by atoms with E-state index in [1.807, 2.05) is 92.7 Å². The van der Waals surface area contributed by atoms with Gasteiger partial charge in [0.2, 0.25) is 0 Å². The average Bonchev–Trinajstić information content (AvgIpc) is 2.99. The highest BCUT2D eigenvalue weighted by molar-refractivity contribution is 6.01. The zero-order valence-corrected chi connectivity index (χ0v) is 23.1. The number of hydrogen-bond acceptors (Lipinski definition) is 5. The Balaban J connectivity index is 1.68. The second kappa shape index (κ2) is 13.0. The van der Waals surface area contributed by atoms with Crippen molar-refractivity contribution >= 4 is 11.8 Å². The van der Waals surface area contributed by atoms with Crippen LogP contribution in [-0.4, -0.2) is 72.7 Å². The molecule has 0 aromatic heterocycles. The molecule has 3 aromatic rings. The summed E-state index contributed by atoms with van der Waals surface area (Å²) in [6.07, 6.45) is -1.10. The van der Waals surface area contributed by atoms with Gasteiger partial charge in [0.25, 0.3) is 11.8 Å². The molecule has 1 heterocycles. The van der Waals surface area contributed by atoms with Crippen LogP contribution in [0.4, 0.5) is 0 Å². The summed E-state index contributed by atoms with van der Waals surface area (Å²) < 4.78 is 12.1. The number of nitrogens with zero attached hydrogens (tertiary/aromatic N) is 2. The molecular formula is C32H38N2O5. The highest BCUT2D eigenvalue weighted by atomic mass is 16.5. The zero-order valence-electron chi connectivity index (χ0n) is 23.1. The number of rotatable bonds is 7. The van der Waals surface area contributed by atoms with E-state index in [0.717, 1.165) is 22.3 Å². The number of carbonyl (C=O) groups is 2. The summed E-state index contributed by atoms with van der Waals surface area (Å²) in [5.41, 5.74) is 4.11. The molecule has 0 saturated heterocycles. The normalized spacial score (nSPS) is 19.3. The topological polar surface area (TPSA) is 79.3 Å². The van der Waals surface area contributed by atoms with E-state index in [1.54, 1.807) is 16.8 Å². The molecule has 4 atom stereocenters. The average molecular weight is 531 g/mol. The van der Waals surface area contributed by atoms with Gasteiger partial charge in [-0.1, -0.05) is 79.7 Å². The lowest BCUT2D eigenvalue weighted by Crippen LogP contribution is -2.48. The number of methoxy groups -OCH3 is 1. The molecule has 0 aliphatic carbocycles. The van der Waals surface area contributed by atoms with Crippen LogP contribution in [0, 0.1) is 5.92 Å². The van der Waals surface area contributed by atoms with E-state index >= 15 is 0 Å². The number of fused-ring (bicyclic) bond motifs is 3. The Morgan fingerprint density at radius 1 is 1.03 bits per heavy atom. The van der Waals surface area contributed by atoms with Crippen LogP contribution in [0.3, 0.4) is 0 Å². The largest absolute Gasteiger partial charge is 0.394 e. The maximum Gasteiger partial charge on any atom is 0.256 e. The first kappa shape index (κ1) is 28.5. The number of amides is 2. The SMILES string of the molecule is CO[C@H](C(=O)N(C)C[C@H]1OCc2ccccc2-c2ccccc2C(=O)N([C@@H](C)CO)C[C@H]1C)c1ccccc1. The quantitative estimate of drug-likeness (QED) is 0.485. The fourth-order valence-corrected chi connectivity index (χ4v) is 5.12. The molecule has 7 heteroatoms. The smallest absolute Gasteiger partial charge is 0.256 e. The van der Waals surface area contributed by atoms with Gasteiger partial charge in [0.1, 0.15) is 0 Å². The van der Waals surface area contributed by atoms with Crippen molar-refractivity contribution < 1.29 is 24.2 Å². The van der Waals surface area contributed by atoms with Crippen LogP contribution in [0.1, 0.15) is 41.4 Å². The van der Waals surface area contributed by atoms with E-state index in [0.29, 0.717) is 25.3 Å². The van der Waals surface area contributed by atoms with Crippen molar-refractivity contribution in [3.8, 4) is 11.1 Å². The van der Waals surface area contributed by atoms with Crippen LogP contribution in [0.15, 0.2) is 78.9 Å². The van der Waals surface area contributed by atoms with E-state index < -0.39 is 6.10 Å². The summed E-state index contributed by atoms with van der Waals surface area (Å²) in [4.78, 5) is 30.8. The first-order valence-corrected chi connectivity index (χ1v) is 13.4. The van der Waals surface area contributed by atoms with Crippen molar-refractivity contribution in [2.24, 2.45) is 5.92 Å². The predicted molar refractivity (Wildman–Crippen MR) is 151 cm³/mol. The Labute approximate surface area is 231 Å². The van der Waals surface area contributed by atoms with Crippen molar-refractivity contribution in [1.29, 1.82) is 0 Å². The number of hydrogen-bond donors (Lipinski definition) is 1. The minimum absolute atomic E-state index is 0.131. The van der Waals surface area contributed by atoms with E-state index in [4.69, 9.17) is 9.47 Å². The Bertz CT molecular complexity index is 1260. The van der Waals surface area contributed by atoms with Crippen molar-refractivity contribution in [1.82, 2.24) is 9.80 Å². The molecule has 3 aromatic carbocycles. The van der Waals surface area contributed by atoms with Crippen molar-refractivity contribution in [2.75, 3.05) is 33.9 Å². The van der Waals surface area contributed by atoms with Crippen LogP contribution >= 0.6 is 0 Å². The third kappa shape index (κ3) is 6.38. The standard InChI is InChI=1S/C32H38N2O5/c1-22-18-34(23(2)20-35)31(36)28-17-11-10-16-27(28)26-15-9-8-14-25(26)21-39-29(22)19-33(3)32(37)30(38-4)24-12-6-5-7-13-24/h5-17,22-23,29-30,35H,18-21H2,1-4H3/t22-,23+,29-,30+/m1/s1. The number of likely N-dealkylation sites (N-methyl/N-ethyl adjacent to an activating group) is 1. The number of carbonyl (C=O) groups excluding carboxylic acids is 2. The fourth-order valence-electron chi connectivity index (χ4n) is 5.12. The molecule has 0 spiro atoms. The van der Waals surface area contributed by atoms with Gasteiger partial charge in [-0.2, -0.15) is 0 Å². The minimum Gasteiger partial charge on any atom is -0.394 e. The van der Waals surface area contributed by atoms with E-state index in [1.165, 1.54) is 7.11 Å². The second-order valence-electron chi connectivity index (χ2n) is 10.3. The van der Waals surface area contributed by atoms with Gasteiger partial charge in [-0.25, -0.2) is 0 Å². The lowest BCUT2D eigenvalue weighted by Gasteiger charge is -2.35. The Hall–Kier alpha value is -3.52. The highest BCUT2D eigenvalue weighted by Crippen LogP contribution is 2.31. The lowest BCUT2D eigenvalue weighted by molar-refractivity contribution is -0.143. The summed E-state index contributed by atoms with van der Waals surface area (Å²) in [5, 5.41) is 10.0. The van der Waals surface area contributed by atoms with Crippen LogP contribution in [0.5, 0.6) is 0 Å². The summed E-state index contributed by atoms with van der Waals surface area (Å²) in [6, 6.07) is 24.5. The molecule has 0 radical (unpaired) electrons. The molecule has 1 N–H and O–H groups in total. The van der Waals surface area contributed by atoms with Crippen molar-refractivity contribution in [3.63, 3.8) is 0 Å². The molecule has 0 fully saturated rings. The maximum absolute atomic E-state index is 13.9. The molecule has 4 rings (SSSR count). The number of aliphatic hydroxyl groups excluding tert-OH is 1. The molecule has 2 amide bonds. The van der Waals surface area contributed by atoms with Gasteiger partial charge in [-0.15, -0.1) is 0 Å². The molecule has 0 bridgehead atoms. The van der Waals surface area contributed by atoms with E-state index in [2.05, 4.69) is 0 Å². The highest BCUT2D eigenvalue weighted by Gasteiger charge is 2.32. The number of aliphatic hydroxyl groups is 1. The number of benzene rings is 3. The van der Waals surface area contributed by atoms with Crippen LogP contribution < -0.4 is 0 Å². The molecule has 7 nitrogen and oxygen atoms in total. The Kier molecular flexibility index (Phi) is 9.51. The molecular weight excluding hydrogens is 492 g/mol. The first-order chi connectivity index (χ1) is 18.8. The Morgan fingerprint density at radius 2 is 1.64 bits per heavy atom. The summed E-state index contributed by atoms with van der Waals surface area (Å²) in [6.45, 7) is 4.72. The zero-order chi connectivity index (χ0) is 27.9. The summed E-state index contributed by atoms with van der Waals surface area (Å²) in [5.74, 6) is -0.436. The second-order valence-corrected chi connectivity index (χ2v) is 10.3. The van der Waals surface area contributed by atoms with Crippen molar-refractivity contribution in [2.45, 2.75) is 38.7 Å². The summed E-state index contributed by atoms with van der Waals surface area (Å²) >= 11 is 0. The van der Waals surface area contributed by atoms with Crippen molar-refractivity contribution in [3.05, 3.63) is 95.6 Å². The molecule has 0 saturated carbocycles. The van der Waals surface area contributed by atoms with Crippen LogP contribution in [-0.2, 0) is 20.9 Å². The fraction of sp³-hybridized carbons (Fsp3) is 0.375. The minimum atomic E-state index is -0.725. The monoisotopic (exact) mass is 530 g/mol. The third-order valence-corrected chi connectivity index (χ3v) is 7.49. The third-order valence-electron chi connectivity index (χ3n) is 7.49. The molecule has 206 valence electrons. The lowest BCUT2D eigenvalue weighted by atomic mass is 9.94. The maximum atomic E-state index is 13.9. The van der Waals surface area contributed by atoms with Gasteiger partial charge in [-0.3, -0.25) is 9.59 Å². The van der Waals surface area contributed by atoms with E-state index in [9.17, 15) is 14.7 Å². The van der Waals surface area contributed by atoms with E-state index in [-0.39, 0.29) is 36.5 Å². The first-order valence-electron chi connectivity index (χ1n) is 13.4. The number of ether oxygens (including phenoxy) is 2. The molecule has 1 aliphatic rings.